The molecule has 0 amide bonds. The molecule has 2 aromatic carbocycles. The van der Waals surface area contributed by atoms with Gasteiger partial charge in [-0.3, -0.25) is 4.79 Å². The van der Waals surface area contributed by atoms with Crippen molar-refractivity contribution in [2.45, 2.75) is 52.4 Å². The second-order valence-corrected chi connectivity index (χ2v) is 10.3. The molecule has 0 spiro atoms. The van der Waals surface area contributed by atoms with E-state index in [0.717, 1.165) is 22.4 Å². The van der Waals surface area contributed by atoms with Crippen LogP contribution in [-0.2, 0) is 10.8 Å². The number of hydrogen-bond acceptors (Lipinski definition) is 5. The van der Waals surface area contributed by atoms with Gasteiger partial charge in [0, 0.05) is 23.4 Å². The fourth-order valence-electron chi connectivity index (χ4n) is 3.71. The number of rotatable bonds is 3. The number of aromatic nitrogens is 1. The van der Waals surface area contributed by atoms with Crippen LogP contribution in [0.1, 0.15) is 52.7 Å². The first kappa shape index (κ1) is 21.9. The molecule has 1 N–H and O–H groups in total. The molecular weight excluding hydrogens is 400 g/mol. The molecule has 166 valence electrons. The highest BCUT2D eigenvalue weighted by molar-refractivity contribution is 5.82. The number of benzene rings is 3. The van der Waals surface area contributed by atoms with Gasteiger partial charge in [-0.25, -0.2) is 4.98 Å². The van der Waals surface area contributed by atoms with Crippen LogP contribution in [0.25, 0.3) is 22.6 Å². The Bertz CT molecular complexity index is 1320. The molecular formula is C27H30N2O3. The lowest BCUT2D eigenvalue weighted by atomic mass is 9.80. The van der Waals surface area contributed by atoms with Gasteiger partial charge in [-0.1, -0.05) is 53.7 Å². The molecule has 2 aliphatic rings. The fraction of sp³-hybridized carbons (Fsp3) is 0.333. The van der Waals surface area contributed by atoms with Gasteiger partial charge in [-0.2, -0.15) is 0 Å². The van der Waals surface area contributed by atoms with E-state index < -0.39 is 0 Å². The van der Waals surface area contributed by atoms with Crippen molar-refractivity contribution in [3.8, 4) is 17.2 Å². The Balaban J connectivity index is 1.90. The summed E-state index contributed by atoms with van der Waals surface area (Å²) < 4.78 is 11.6. The Kier molecular flexibility index (Phi) is 5.24. The van der Waals surface area contributed by atoms with Crippen molar-refractivity contribution in [1.82, 2.24) is 4.98 Å². The van der Waals surface area contributed by atoms with Crippen LogP contribution in [-0.4, -0.2) is 12.1 Å². The molecule has 2 aromatic rings. The van der Waals surface area contributed by atoms with E-state index in [1.165, 1.54) is 11.6 Å². The van der Waals surface area contributed by atoms with E-state index in [1.807, 2.05) is 24.3 Å². The summed E-state index contributed by atoms with van der Waals surface area (Å²) in [7, 11) is 1.61. The summed E-state index contributed by atoms with van der Waals surface area (Å²) in [5, 5.41) is 3.18. The molecule has 5 nitrogen and oxygen atoms in total. The Morgan fingerprint density at radius 3 is 2.34 bits per heavy atom. The summed E-state index contributed by atoms with van der Waals surface area (Å²) in [5.74, 6) is 1.19. The summed E-state index contributed by atoms with van der Waals surface area (Å²) in [5.41, 5.74) is 5.33. The molecule has 0 fully saturated rings. The minimum Gasteiger partial charge on any atom is -0.497 e. The van der Waals surface area contributed by atoms with Gasteiger partial charge in [0.15, 0.2) is 11.3 Å². The Morgan fingerprint density at radius 1 is 0.938 bits per heavy atom. The zero-order chi connectivity index (χ0) is 23.3. The predicted molar refractivity (Wildman–Crippen MR) is 131 cm³/mol. The Labute approximate surface area is 188 Å². The maximum atomic E-state index is 12.8. The molecule has 32 heavy (non-hydrogen) atoms. The van der Waals surface area contributed by atoms with E-state index in [9.17, 15) is 4.79 Å². The van der Waals surface area contributed by atoms with E-state index in [0.29, 0.717) is 22.9 Å². The molecule has 4 rings (SSSR count). The normalized spacial score (nSPS) is 12.3. The van der Waals surface area contributed by atoms with E-state index in [4.69, 9.17) is 14.1 Å². The van der Waals surface area contributed by atoms with Gasteiger partial charge in [-0.05, 0) is 40.7 Å². The SMILES string of the molecule is COc1cccc(Nc2cc3nc4cc(C(C)(C)C)cc(C(C)(C)C)c4oc-3cc2=O)c1. The molecule has 1 aliphatic carbocycles. The van der Waals surface area contributed by atoms with Gasteiger partial charge >= 0.3 is 0 Å². The molecule has 0 saturated carbocycles. The van der Waals surface area contributed by atoms with Crippen LogP contribution in [0.5, 0.6) is 5.75 Å². The number of nitrogens with zero attached hydrogens (tertiary/aromatic N) is 1. The predicted octanol–water partition coefficient (Wildman–Crippen LogP) is 6.64. The second-order valence-electron chi connectivity index (χ2n) is 10.3. The third kappa shape index (κ3) is 4.20. The molecule has 1 heterocycles. The van der Waals surface area contributed by atoms with Crippen molar-refractivity contribution >= 4 is 22.5 Å². The number of methoxy groups -OCH3 is 1. The van der Waals surface area contributed by atoms with Crippen molar-refractivity contribution in [2.75, 3.05) is 12.4 Å². The third-order valence-corrected chi connectivity index (χ3v) is 5.61. The van der Waals surface area contributed by atoms with E-state index in [-0.39, 0.29) is 16.3 Å². The number of hydrogen-bond donors (Lipinski definition) is 1. The largest absolute Gasteiger partial charge is 0.497 e. The zero-order valence-electron chi connectivity index (χ0n) is 19.8. The summed E-state index contributed by atoms with van der Waals surface area (Å²) in [6.45, 7) is 13.1. The number of nitrogens with one attached hydrogen (secondary N) is 1. The molecule has 1 aliphatic heterocycles. The first-order valence-electron chi connectivity index (χ1n) is 10.8. The summed E-state index contributed by atoms with van der Waals surface area (Å²) in [6.07, 6.45) is 0. The van der Waals surface area contributed by atoms with Crippen LogP contribution < -0.4 is 15.5 Å². The summed E-state index contributed by atoms with van der Waals surface area (Å²) in [4.78, 5) is 17.7. The monoisotopic (exact) mass is 430 g/mol. The van der Waals surface area contributed by atoms with Crippen LogP contribution in [0.15, 0.2) is 57.7 Å². The lowest BCUT2D eigenvalue weighted by Gasteiger charge is -2.26. The second kappa shape index (κ2) is 7.66. The van der Waals surface area contributed by atoms with Gasteiger partial charge in [0.2, 0.25) is 5.43 Å². The highest BCUT2D eigenvalue weighted by Crippen LogP contribution is 2.37. The van der Waals surface area contributed by atoms with Crippen LogP contribution >= 0.6 is 0 Å². The maximum absolute atomic E-state index is 12.8. The van der Waals surface area contributed by atoms with Crippen molar-refractivity contribution in [2.24, 2.45) is 0 Å². The first-order valence-corrected chi connectivity index (χ1v) is 10.8. The smallest absolute Gasteiger partial charge is 0.205 e. The molecule has 0 unspecified atom stereocenters. The van der Waals surface area contributed by atoms with Gasteiger partial charge in [0.05, 0.1) is 12.8 Å². The Hall–Kier alpha value is -3.34. The van der Waals surface area contributed by atoms with Crippen molar-refractivity contribution < 1.29 is 9.15 Å². The minimum absolute atomic E-state index is 0.0250. The lowest BCUT2D eigenvalue weighted by molar-refractivity contribution is 0.415. The van der Waals surface area contributed by atoms with Gasteiger partial charge in [-0.15, -0.1) is 0 Å². The molecule has 0 atom stereocenters. The lowest BCUT2D eigenvalue weighted by Crippen LogP contribution is -2.17. The van der Waals surface area contributed by atoms with Gasteiger partial charge in [0.1, 0.15) is 17.0 Å². The maximum Gasteiger partial charge on any atom is 0.205 e. The van der Waals surface area contributed by atoms with Crippen molar-refractivity contribution in [3.05, 3.63) is 69.9 Å². The van der Waals surface area contributed by atoms with Crippen LogP contribution in [0, 0.1) is 0 Å². The van der Waals surface area contributed by atoms with E-state index in [2.05, 4.69) is 59.0 Å². The molecule has 0 saturated heterocycles. The van der Waals surface area contributed by atoms with Gasteiger partial charge in [0.25, 0.3) is 0 Å². The van der Waals surface area contributed by atoms with Crippen molar-refractivity contribution in [3.63, 3.8) is 0 Å². The van der Waals surface area contributed by atoms with Gasteiger partial charge < -0.3 is 14.5 Å². The van der Waals surface area contributed by atoms with Crippen LogP contribution in [0.3, 0.4) is 0 Å². The number of fused-ring (bicyclic) bond motifs is 2. The molecule has 5 heteroatoms. The zero-order valence-corrected chi connectivity index (χ0v) is 19.8. The summed E-state index contributed by atoms with van der Waals surface area (Å²) >= 11 is 0. The average Bonchev–Trinajstić information content (AvgIpc) is 2.71. The highest BCUT2D eigenvalue weighted by atomic mass is 16.5. The first-order chi connectivity index (χ1) is 15.0. The van der Waals surface area contributed by atoms with E-state index in [1.54, 1.807) is 13.2 Å². The Morgan fingerprint density at radius 2 is 1.69 bits per heavy atom. The molecule has 0 radical (unpaired) electrons. The number of anilines is 2. The average molecular weight is 431 g/mol. The fourth-order valence-corrected chi connectivity index (χ4v) is 3.71. The van der Waals surface area contributed by atoms with E-state index >= 15 is 0 Å². The van der Waals surface area contributed by atoms with Crippen LogP contribution in [0.4, 0.5) is 11.4 Å². The topological polar surface area (TPSA) is 64.4 Å². The highest BCUT2D eigenvalue weighted by Gasteiger charge is 2.25. The third-order valence-electron chi connectivity index (χ3n) is 5.61. The van der Waals surface area contributed by atoms with Crippen LogP contribution in [0.2, 0.25) is 0 Å². The minimum atomic E-state index is -0.158. The summed E-state index contributed by atoms with van der Waals surface area (Å²) in [6, 6.07) is 15.0. The quantitative estimate of drug-likeness (QED) is 0.369. The molecule has 0 aromatic heterocycles. The molecule has 0 bridgehead atoms. The van der Waals surface area contributed by atoms with Crippen molar-refractivity contribution in [1.29, 1.82) is 0 Å². The number of ether oxygens (including phenoxy) is 1. The standard InChI is InChI=1S/C27H30N2O3/c1-26(2,3)16-11-19(27(4,5)6)25-22(12-16)29-21-14-20(23(30)15-24(21)32-25)28-17-9-8-10-18(13-17)31-7/h8-15,28H,1-7H3.